The lowest BCUT2D eigenvalue weighted by atomic mass is 10.2. The van der Waals surface area contributed by atoms with E-state index in [2.05, 4.69) is 53.8 Å². The van der Waals surface area contributed by atoms with Crippen molar-refractivity contribution < 1.29 is 4.79 Å². The van der Waals surface area contributed by atoms with Gasteiger partial charge < -0.3 is 5.32 Å². The van der Waals surface area contributed by atoms with Crippen molar-refractivity contribution >= 4 is 22.8 Å². The highest BCUT2D eigenvalue weighted by Gasteiger charge is 2.21. The average molecular weight is 367 g/mol. The van der Waals surface area contributed by atoms with Gasteiger partial charge in [0.05, 0.1) is 29.3 Å². The number of rotatable bonds is 2. The average Bonchev–Trinajstić information content (AvgIpc) is 3.23. The molecular formula is C22H30N4O. The van der Waals surface area contributed by atoms with Gasteiger partial charge in [-0.15, -0.1) is 0 Å². The zero-order chi connectivity index (χ0) is 20.1. The fraction of sp³-hybridized carbons (Fsp3) is 0.409. The van der Waals surface area contributed by atoms with Gasteiger partial charge in [0.1, 0.15) is 11.6 Å². The van der Waals surface area contributed by atoms with Crippen molar-refractivity contribution in [1.29, 1.82) is 0 Å². The predicted molar refractivity (Wildman–Crippen MR) is 113 cm³/mol. The van der Waals surface area contributed by atoms with Gasteiger partial charge in [-0.2, -0.15) is 0 Å². The van der Waals surface area contributed by atoms with Crippen LogP contribution in [-0.4, -0.2) is 20.4 Å². The van der Waals surface area contributed by atoms with Crippen LogP contribution in [0.15, 0.2) is 30.5 Å². The van der Waals surface area contributed by atoms with Gasteiger partial charge in [0.2, 0.25) is 5.91 Å². The summed E-state index contributed by atoms with van der Waals surface area (Å²) in [6.45, 7) is 14.3. The number of fused-ring (bicyclic) bond motifs is 2. The highest BCUT2D eigenvalue weighted by molar-refractivity contribution is 5.98. The van der Waals surface area contributed by atoms with Gasteiger partial charge in [-0.05, 0) is 30.7 Å². The van der Waals surface area contributed by atoms with Crippen molar-refractivity contribution in [3.8, 4) is 5.69 Å². The SMILES string of the molecule is CC.CC.Cc1ccc2c(c1)nc(C(C)C)n2-c1cnc2c(c1)CC(=O)N2. The maximum atomic E-state index is 11.6. The van der Waals surface area contributed by atoms with Crippen molar-refractivity contribution in [3.05, 3.63) is 47.4 Å². The molecule has 5 nitrogen and oxygen atoms in total. The van der Waals surface area contributed by atoms with Crippen molar-refractivity contribution in [2.24, 2.45) is 0 Å². The van der Waals surface area contributed by atoms with Gasteiger partial charge in [-0.25, -0.2) is 9.97 Å². The van der Waals surface area contributed by atoms with E-state index in [1.165, 1.54) is 5.56 Å². The number of hydrogen-bond acceptors (Lipinski definition) is 3. The zero-order valence-corrected chi connectivity index (χ0v) is 17.4. The minimum absolute atomic E-state index is 0.000142. The third-order valence-corrected chi connectivity index (χ3v) is 4.17. The fourth-order valence-corrected chi connectivity index (χ4v) is 3.08. The molecule has 0 atom stereocenters. The Hall–Kier alpha value is -2.69. The van der Waals surface area contributed by atoms with Crippen LogP contribution in [0.25, 0.3) is 16.7 Å². The number of carbonyl (C=O) groups is 1. The summed E-state index contributed by atoms with van der Waals surface area (Å²) < 4.78 is 2.15. The fourth-order valence-electron chi connectivity index (χ4n) is 3.08. The minimum Gasteiger partial charge on any atom is -0.310 e. The second-order valence-electron chi connectivity index (χ2n) is 6.38. The zero-order valence-electron chi connectivity index (χ0n) is 17.4. The van der Waals surface area contributed by atoms with Crippen LogP contribution in [0.1, 0.15) is 64.4 Å². The number of anilines is 1. The Morgan fingerprint density at radius 3 is 2.48 bits per heavy atom. The first-order chi connectivity index (χ1) is 13.0. The molecule has 0 unspecified atom stereocenters. The molecule has 2 aromatic heterocycles. The smallest absolute Gasteiger partial charge is 0.230 e. The van der Waals surface area contributed by atoms with Gasteiger partial charge >= 0.3 is 0 Å². The van der Waals surface area contributed by atoms with Gasteiger partial charge in [-0.1, -0.05) is 47.6 Å². The number of aromatic nitrogens is 3. The first-order valence-corrected chi connectivity index (χ1v) is 9.81. The van der Waals surface area contributed by atoms with E-state index >= 15 is 0 Å². The van der Waals surface area contributed by atoms with Gasteiger partial charge in [0.15, 0.2) is 0 Å². The summed E-state index contributed by atoms with van der Waals surface area (Å²) in [7, 11) is 0. The maximum absolute atomic E-state index is 11.6. The molecule has 4 rings (SSSR count). The number of carbonyl (C=O) groups excluding carboxylic acids is 1. The number of nitrogens with zero attached hydrogens (tertiary/aromatic N) is 3. The summed E-state index contributed by atoms with van der Waals surface area (Å²) in [5, 5.41) is 2.78. The number of imidazole rings is 1. The third-order valence-electron chi connectivity index (χ3n) is 4.17. The highest BCUT2D eigenvalue weighted by atomic mass is 16.1. The molecule has 27 heavy (non-hydrogen) atoms. The highest BCUT2D eigenvalue weighted by Crippen LogP contribution is 2.29. The van der Waals surface area contributed by atoms with Gasteiger partial charge in [-0.3, -0.25) is 9.36 Å². The molecule has 0 saturated heterocycles. The standard InChI is InChI=1S/C18H18N4O.2C2H6/c1-10(2)18-20-14-6-11(3)4-5-15(14)22(18)13-7-12-8-16(23)21-17(12)19-9-13;2*1-2/h4-7,9-10H,8H2,1-3H3,(H,19,21,23);2*1-2H3. The number of amides is 1. The molecule has 0 radical (unpaired) electrons. The number of benzene rings is 1. The molecule has 3 aromatic rings. The summed E-state index contributed by atoms with van der Waals surface area (Å²) in [5.41, 5.74) is 5.15. The molecule has 0 bridgehead atoms. The molecular weight excluding hydrogens is 336 g/mol. The van der Waals surface area contributed by atoms with Crippen LogP contribution in [0, 0.1) is 6.92 Å². The summed E-state index contributed by atoms with van der Waals surface area (Å²) in [6.07, 6.45) is 2.19. The Kier molecular flexibility index (Phi) is 6.72. The van der Waals surface area contributed by atoms with Crippen LogP contribution in [0.3, 0.4) is 0 Å². The predicted octanol–water partition coefficient (Wildman–Crippen LogP) is 5.40. The van der Waals surface area contributed by atoms with Crippen LogP contribution in [0.2, 0.25) is 0 Å². The Morgan fingerprint density at radius 1 is 1.11 bits per heavy atom. The first-order valence-electron chi connectivity index (χ1n) is 9.81. The number of aryl methyl sites for hydroxylation is 1. The lowest BCUT2D eigenvalue weighted by molar-refractivity contribution is -0.115. The summed E-state index contributed by atoms with van der Waals surface area (Å²) in [6, 6.07) is 8.33. The number of pyridine rings is 1. The van der Waals surface area contributed by atoms with Crippen molar-refractivity contribution in [1.82, 2.24) is 14.5 Å². The van der Waals surface area contributed by atoms with Crippen LogP contribution in [0.4, 0.5) is 5.82 Å². The quantitative estimate of drug-likeness (QED) is 0.660. The Balaban J connectivity index is 0.000000614. The molecule has 1 aliphatic heterocycles. The summed E-state index contributed by atoms with van der Waals surface area (Å²) in [4.78, 5) is 20.8. The lowest BCUT2D eigenvalue weighted by Crippen LogP contribution is -2.04. The van der Waals surface area contributed by atoms with E-state index in [-0.39, 0.29) is 11.8 Å². The normalized spacial score (nSPS) is 12.1. The number of nitrogens with one attached hydrogen (secondary N) is 1. The third kappa shape index (κ3) is 4.02. The second-order valence-corrected chi connectivity index (χ2v) is 6.38. The topological polar surface area (TPSA) is 59.8 Å². The lowest BCUT2D eigenvalue weighted by Gasteiger charge is -2.12. The molecule has 0 spiro atoms. The van der Waals surface area contributed by atoms with E-state index in [9.17, 15) is 4.79 Å². The van der Waals surface area contributed by atoms with E-state index in [1.807, 2.05) is 33.8 Å². The van der Waals surface area contributed by atoms with Gasteiger partial charge in [0.25, 0.3) is 0 Å². The molecule has 1 aromatic carbocycles. The Morgan fingerprint density at radius 2 is 1.81 bits per heavy atom. The number of hydrogen-bond donors (Lipinski definition) is 1. The molecule has 1 amide bonds. The largest absolute Gasteiger partial charge is 0.310 e. The summed E-state index contributed by atoms with van der Waals surface area (Å²) >= 11 is 0. The Labute approximate surface area is 161 Å². The van der Waals surface area contributed by atoms with Crippen LogP contribution in [0.5, 0.6) is 0 Å². The molecule has 0 saturated carbocycles. The van der Waals surface area contributed by atoms with E-state index in [4.69, 9.17) is 4.98 Å². The molecule has 1 N–H and O–H groups in total. The molecule has 5 heteroatoms. The monoisotopic (exact) mass is 366 g/mol. The van der Waals surface area contributed by atoms with E-state index < -0.39 is 0 Å². The van der Waals surface area contributed by atoms with Crippen molar-refractivity contribution in [2.45, 2.75) is 60.8 Å². The molecule has 144 valence electrons. The van der Waals surface area contributed by atoms with Gasteiger partial charge in [0, 0.05) is 11.5 Å². The molecule has 0 aliphatic carbocycles. The van der Waals surface area contributed by atoms with Crippen LogP contribution < -0.4 is 5.32 Å². The minimum atomic E-state index is -0.000142. The summed E-state index contributed by atoms with van der Waals surface area (Å²) in [5.74, 6) is 1.96. The van der Waals surface area contributed by atoms with E-state index in [1.54, 1.807) is 6.20 Å². The van der Waals surface area contributed by atoms with E-state index in [0.29, 0.717) is 12.2 Å². The first kappa shape index (κ1) is 20.6. The Bertz CT molecular complexity index is 941. The van der Waals surface area contributed by atoms with Crippen molar-refractivity contribution in [3.63, 3.8) is 0 Å². The molecule has 1 aliphatic rings. The van der Waals surface area contributed by atoms with Crippen LogP contribution in [-0.2, 0) is 11.2 Å². The van der Waals surface area contributed by atoms with Crippen LogP contribution >= 0.6 is 0 Å². The van der Waals surface area contributed by atoms with Crippen molar-refractivity contribution in [2.75, 3.05) is 5.32 Å². The van der Waals surface area contributed by atoms with E-state index in [0.717, 1.165) is 28.1 Å². The second kappa shape index (κ2) is 8.80. The molecule has 0 fully saturated rings. The maximum Gasteiger partial charge on any atom is 0.230 e. The molecule has 3 heterocycles.